The van der Waals surface area contributed by atoms with Crippen LogP contribution in [-0.4, -0.2) is 117 Å². The molecule has 4 heterocycles. The van der Waals surface area contributed by atoms with Gasteiger partial charge in [0.2, 0.25) is 0 Å². The van der Waals surface area contributed by atoms with E-state index >= 15 is 0 Å². The second-order valence-electron chi connectivity index (χ2n) is 12.7. The predicted octanol–water partition coefficient (Wildman–Crippen LogP) is 0.247. The number of aromatic hydroxyl groups is 1. The summed E-state index contributed by atoms with van der Waals surface area (Å²) in [6.45, 7) is 9.58. The van der Waals surface area contributed by atoms with Crippen molar-refractivity contribution in [2.24, 2.45) is 17.8 Å². The average Bonchev–Trinajstić information content (AvgIpc) is 3.62. The number of carboxylic acids is 1. The summed E-state index contributed by atoms with van der Waals surface area (Å²) in [4.78, 5) is 53.3. The molecule has 4 saturated heterocycles. The largest absolute Gasteiger partial charge is 0.508 e. The fourth-order valence-corrected chi connectivity index (χ4v) is 7.28. The summed E-state index contributed by atoms with van der Waals surface area (Å²) in [5, 5.41) is 32.7. The second kappa shape index (κ2) is 11.0. The van der Waals surface area contributed by atoms with E-state index in [1.807, 2.05) is 18.9 Å². The van der Waals surface area contributed by atoms with Crippen molar-refractivity contribution in [3.63, 3.8) is 0 Å². The minimum atomic E-state index is -1.03. The lowest BCUT2D eigenvalue weighted by Gasteiger charge is -2.31. The number of nitrogens with zero attached hydrogens (tertiary/aromatic N) is 4. The maximum absolute atomic E-state index is 13.9. The molecular formula is C29H42N6O6. The highest BCUT2D eigenvalue weighted by atomic mass is 16.4. The first-order valence-corrected chi connectivity index (χ1v) is 14.5. The van der Waals surface area contributed by atoms with Crippen LogP contribution in [0.3, 0.4) is 0 Å². The molecule has 1 aromatic rings. The average molecular weight is 571 g/mol. The maximum atomic E-state index is 13.9. The van der Waals surface area contributed by atoms with E-state index in [0.717, 1.165) is 5.56 Å². The Bertz CT molecular complexity index is 1210. The van der Waals surface area contributed by atoms with Gasteiger partial charge in [-0.3, -0.25) is 29.7 Å². The quantitative estimate of drug-likeness (QED) is 0.309. The van der Waals surface area contributed by atoms with E-state index in [9.17, 15) is 29.4 Å². The van der Waals surface area contributed by atoms with Crippen molar-refractivity contribution in [3.05, 3.63) is 29.8 Å². The molecule has 0 spiro atoms. The van der Waals surface area contributed by atoms with Crippen molar-refractivity contribution in [2.45, 2.75) is 63.7 Å². The Hall–Kier alpha value is -3.06. The lowest BCUT2D eigenvalue weighted by atomic mass is 9.85. The number of nitrogens with one attached hydrogen (secondary N) is 2. The van der Waals surface area contributed by atoms with Gasteiger partial charge in [-0.1, -0.05) is 39.8 Å². The van der Waals surface area contributed by atoms with Gasteiger partial charge >= 0.3 is 5.97 Å². The highest BCUT2D eigenvalue weighted by Gasteiger charge is 2.59. The maximum Gasteiger partial charge on any atom is 0.328 e. The van der Waals surface area contributed by atoms with Crippen molar-refractivity contribution in [2.75, 3.05) is 39.8 Å². The van der Waals surface area contributed by atoms with Crippen LogP contribution in [0.15, 0.2) is 24.3 Å². The zero-order chi connectivity index (χ0) is 29.8. The monoisotopic (exact) mass is 570 g/mol. The molecule has 224 valence electrons. The van der Waals surface area contributed by atoms with E-state index in [1.165, 1.54) is 5.01 Å². The Kier molecular flexibility index (Phi) is 7.88. The zero-order valence-electron chi connectivity index (χ0n) is 24.4. The number of amides is 2. The molecule has 0 aliphatic carbocycles. The number of carbonyl (C=O) groups excluding carboxylic acids is 3. The van der Waals surface area contributed by atoms with Crippen LogP contribution in [0.2, 0.25) is 0 Å². The molecule has 12 heteroatoms. The number of rotatable bonds is 10. The van der Waals surface area contributed by atoms with Crippen LogP contribution in [-0.2, 0) is 19.2 Å². The number of phenolic OH excluding ortho intramolecular Hbond substituents is 1. The summed E-state index contributed by atoms with van der Waals surface area (Å²) in [5.74, 6) is -1.73. The van der Waals surface area contributed by atoms with Crippen LogP contribution in [0, 0.1) is 17.8 Å². The number of aliphatic carboxylic acids is 1. The highest BCUT2D eigenvalue weighted by Crippen LogP contribution is 2.41. The van der Waals surface area contributed by atoms with Crippen LogP contribution < -0.4 is 10.6 Å². The van der Waals surface area contributed by atoms with E-state index in [4.69, 9.17) is 0 Å². The van der Waals surface area contributed by atoms with E-state index in [-0.39, 0.29) is 60.1 Å². The third kappa shape index (κ3) is 5.00. The molecule has 4 aliphatic rings. The Morgan fingerprint density at radius 2 is 1.68 bits per heavy atom. The molecule has 0 saturated carbocycles. The van der Waals surface area contributed by atoms with Gasteiger partial charge in [-0.15, -0.1) is 0 Å². The summed E-state index contributed by atoms with van der Waals surface area (Å²) in [6, 6.07) is 4.29. The van der Waals surface area contributed by atoms with Gasteiger partial charge in [-0.2, -0.15) is 0 Å². The summed E-state index contributed by atoms with van der Waals surface area (Å²) < 4.78 is 0. The van der Waals surface area contributed by atoms with E-state index < -0.39 is 29.6 Å². The van der Waals surface area contributed by atoms with Crippen molar-refractivity contribution in [1.29, 1.82) is 0 Å². The van der Waals surface area contributed by atoms with Crippen molar-refractivity contribution in [3.8, 4) is 5.75 Å². The molecule has 4 fully saturated rings. The number of hydrogen-bond acceptors (Lipinski definition) is 9. The number of fused-ring (bicyclic) bond motifs is 2. The first-order chi connectivity index (χ1) is 19.4. The van der Waals surface area contributed by atoms with Crippen LogP contribution in [0.25, 0.3) is 0 Å². The normalized spacial score (nSPS) is 32.0. The molecule has 6 atom stereocenters. The predicted molar refractivity (Wildman–Crippen MR) is 149 cm³/mol. The van der Waals surface area contributed by atoms with Gasteiger partial charge in [0.1, 0.15) is 29.4 Å². The second-order valence-corrected chi connectivity index (χ2v) is 12.7. The molecule has 41 heavy (non-hydrogen) atoms. The fourth-order valence-electron chi connectivity index (χ4n) is 7.28. The van der Waals surface area contributed by atoms with Crippen LogP contribution in [0.1, 0.15) is 45.6 Å². The lowest BCUT2D eigenvalue weighted by Crippen LogP contribution is -2.56. The van der Waals surface area contributed by atoms with Gasteiger partial charge < -0.3 is 15.5 Å². The number of likely N-dealkylation sites (N-methyl/N-ethyl adjacent to an activating group) is 1. The number of Topliss-reactive ketones (excluding diaryl/α,β-unsaturated/α-hetero) is 1. The highest BCUT2D eigenvalue weighted by molar-refractivity contribution is 5.97. The van der Waals surface area contributed by atoms with Gasteiger partial charge in [-0.25, -0.2) is 14.8 Å². The third-order valence-electron chi connectivity index (χ3n) is 9.26. The van der Waals surface area contributed by atoms with Crippen molar-refractivity contribution in [1.82, 2.24) is 30.7 Å². The van der Waals surface area contributed by atoms with Gasteiger partial charge in [0.15, 0.2) is 5.78 Å². The molecule has 0 bridgehead atoms. The molecule has 4 aliphatic heterocycles. The number of hydrogen-bond donors (Lipinski definition) is 4. The minimum Gasteiger partial charge on any atom is -0.508 e. The number of phenols is 1. The fraction of sp³-hybridized carbons (Fsp3) is 0.655. The molecule has 5 rings (SSSR count). The number of carboxylic acid groups (broad SMARTS) is 1. The molecular weight excluding hydrogens is 528 g/mol. The van der Waals surface area contributed by atoms with Crippen LogP contribution in [0.4, 0.5) is 0 Å². The van der Waals surface area contributed by atoms with Gasteiger partial charge in [0.25, 0.3) is 11.8 Å². The number of ketones is 1. The van der Waals surface area contributed by atoms with Crippen LogP contribution in [0.5, 0.6) is 5.75 Å². The van der Waals surface area contributed by atoms with Crippen molar-refractivity contribution >= 4 is 23.6 Å². The number of carbonyl (C=O) groups is 4. The Labute approximate surface area is 240 Å². The summed E-state index contributed by atoms with van der Waals surface area (Å²) in [6.07, 6.45) is 0.628. The first-order valence-electron chi connectivity index (χ1n) is 14.5. The summed E-state index contributed by atoms with van der Waals surface area (Å²) in [5.41, 5.74) is 0.0492. The molecule has 4 N–H and O–H groups in total. The Morgan fingerprint density at radius 3 is 2.27 bits per heavy atom. The molecule has 2 amide bonds. The number of hydrazine groups is 2. The Morgan fingerprint density at radius 1 is 1.00 bits per heavy atom. The van der Waals surface area contributed by atoms with Crippen LogP contribution >= 0.6 is 0 Å². The third-order valence-corrected chi connectivity index (χ3v) is 9.26. The SMILES string of the molecule is CNC1(CC(C)C)CN2CC(c3ccc(O)cc3)C(C(=O)CNC3CN4CC(C(C)C)C(C(=O)O)N4C3=O)N2C1=O. The molecule has 12 nitrogen and oxygen atoms in total. The lowest BCUT2D eigenvalue weighted by molar-refractivity contribution is -0.155. The van der Waals surface area contributed by atoms with E-state index in [1.54, 1.807) is 41.3 Å². The number of benzene rings is 1. The van der Waals surface area contributed by atoms with E-state index in [2.05, 4.69) is 24.5 Å². The van der Waals surface area contributed by atoms with E-state index in [0.29, 0.717) is 26.1 Å². The van der Waals surface area contributed by atoms with Gasteiger partial charge in [0.05, 0.1) is 6.54 Å². The smallest absolute Gasteiger partial charge is 0.328 e. The molecule has 0 aromatic heterocycles. The zero-order valence-corrected chi connectivity index (χ0v) is 24.4. The molecule has 1 aromatic carbocycles. The Balaban J connectivity index is 1.35. The molecule has 6 unspecified atom stereocenters. The molecule has 0 radical (unpaired) electrons. The van der Waals surface area contributed by atoms with Crippen molar-refractivity contribution < 1.29 is 29.4 Å². The van der Waals surface area contributed by atoms with Gasteiger partial charge in [0, 0.05) is 38.0 Å². The van der Waals surface area contributed by atoms with Gasteiger partial charge in [-0.05, 0) is 43.0 Å². The summed E-state index contributed by atoms with van der Waals surface area (Å²) in [7, 11) is 1.78. The standard InChI is InChI=1S/C29H42N6O6/c1-16(2)10-29(30-5)15-33-13-21(18-6-8-19(36)9-7-18)24(35(33)28(29)41)23(37)11-31-22-14-32-12-20(17(3)4)25(27(39)40)34(32)26(22)38/h6-9,16-17,20-22,24-25,30-31,36H,10-15H2,1-5H3,(H,39,40). The first kappa shape index (κ1) is 29.4. The topological polar surface area (TPSA) is 146 Å². The summed E-state index contributed by atoms with van der Waals surface area (Å²) >= 11 is 0. The minimum absolute atomic E-state index is 0.100.